The number of carbonyl (C=O) groups is 1. The van der Waals surface area contributed by atoms with Gasteiger partial charge >= 0.3 is 0 Å². The molecule has 0 aliphatic rings. The third-order valence-electron chi connectivity index (χ3n) is 4.70. The standard InChI is InChI=1S/C21H18FN5O2/c1-13-3-7-16(8-4-13)25-20(28)14(2)26-12-23-19-18(21(26)29)11-24-27(19)17-9-5-15(22)6-10-17/h3-12,14H,1-2H3,(H,25,28). The van der Waals surface area contributed by atoms with Crippen LogP contribution in [-0.4, -0.2) is 25.2 Å². The molecule has 0 aliphatic carbocycles. The number of aryl methyl sites for hydroxylation is 1. The van der Waals surface area contributed by atoms with Crippen molar-refractivity contribution in [1.29, 1.82) is 0 Å². The van der Waals surface area contributed by atoms with Gasteiger partial charge in [-0.2, -0.15) is 5.10 Å². The number of amides is 1. The van der Waals surface area contributed by atoms with Crippen molar-refractivity contribution >= 4 is 22.6 Å². The molecule has 0 spiro atoms. The lowest BCUT2D eigenvalue weighted by Crippen LogP contribution is -2.31. The number of benzene rings is 2. The van der Waals surface area contributed by atoms with E-state index in [1.54, 1.807) is 31.2 Å². The number of halogens is 1. The lowest BCUT2D eigenvalue weighted by molar-refractivity contribution is -0.118. The average Bonchev–Trinajstić information content (AvgIpc) is 3.15. The maximum Gasteiger partial charge on any atom is 0.265 e. The zero-order chi connectivity index (χ0) is 20.5. The van der Waals surface area contributed by atoms with Crippen LogP contribution < -0.4 is 10.9 Å². The number of hydrogen-bond donors (Lipinski definition) is 1. The second kappa shape index (κ2) is 7.31. The minimum Gasteiger partial charge on any atom is -0.324 e. The van der Waals surface area contributed by atoms with Crippen molar-refractivity contribution in [3.63, 3.8) is 0 Å². The van der Waals surface area contributed by atoms with Gasteiger partial charge in [0, 0.05) is 5.69 Å². The van der Waals surface area contributed by atoms with Crippen LogP contribution in [0.15, 0.2) is 65.8 Å². The molecule has 146 valence electrons. The number of fused-ring (bicyclic) bond motifs is 1. The molecule has 4 rings (SSSR count). The SMILES string of the molecule is Cc1ccc(NC(=O)C(C)n2cnc3c(cnn3-c3ccc(F)cc3)c2=O)cc1. The summed E-state index contributed by atoms with van der Waals surface area (Å²) in [5, 5.41) is 7.26. The van der Waals surface area contributed by atoms with Crippen LogP contribution in [0, 0.1) is 12.7 Å². The summed E-state index contributed by atoms with van der Waals surface area (Å²) in [4.78, 5) is 29.8. The fraction of sp³-hybridized carbons (Fsp3) is 0.143. The van der Waals surface area contributed by atoms with Gasteiger partial charge < -0.3 is 5.32 Å². The van der Waals surface area contributed by atoms with Gasteiger partial charge in [-0.3, -0.25) is 14.2 Å². The fourth-order valence-corrected chi connectivity index (χ4v) is 2.98. The number of aromatic nitrogens is 4. The van der Waals surface area contributed by atoms with Crippen LogP contribution in [0.4, 0.5) is 10.1 Å². The summed E-state index contributed by atoms with van der Waals surface area (Å²) in [6.07, 6.45) is 2.72. The first-order chi connectivity index (χ1) is 13.9. The molecule has 4 aromatic rings. The highest BCUT2D eigenvalue weighted by Crippen LogP contribution is 2.16. The van der Waals surface area contributed by atoms with Gasteiger partial charge in [0.25, 0.3) is 5.56 Å². The summed E-state index contributed by atoms with van der Waals surface area (Å²) in [6.45, 7) is 3.59. The Labute approximate surface area is 165 Å². The maximum atomic E-state index is 13.2. The molecule has 0 saturated heterocycles. The van der Waals surface area contributed by atoms with Gasteiger partial charge in [0.05, 0.1) is 11.9 Å². The van der Waals surface area contributed by atoms with E-state index in [0.29, 0.717) is 17.0 Å². The first-order valence-electron chi connectivity index (χ1n) is 9.02. The Bertz CT molecular complexity index is 1240. The van der Waals surface area contributed by atoms with Crippen LogP contribution in [0.5, 0.6) is 0 Å². The number of rotatable bonds is 4. The average molecular weight is 391 g/mol. The van der Waals surface area contributed by atoms with Crippen LogP contribution in [0.25, 0.3) is 16.7 Å². The summed E-state index contributed by atoms with van der Waals surface area (Å²) < 4.78 is 15.9. The van der Waals surface area contributed by atoms with Gasteiger partial charge in [0.15, 0.2) is 5.65 Å². The van der Waals surface area contributed by atoms with Crippen molar-refractivity contribution in [2.45, 2.75) is 19.9 Å². The van der Waals surface area contributed by atoms with Crippen molar-refractivity contribution in [2.75, 3.05) is 5.32 Å². The number of anilines is 1. The molecule has 7 nitrogen and oxygen atoms in total. The van der Waals surface area contributed by atoms with E-state index in [9.17, 15) is 14.0 Å². The van der Waals surface area contributed by atoms with Crippen molar-refractivity contribution < 1.29 is 9.18 Å². The maximum absolute atomic E-state index is 13.2. The Balaban J connectivity index is 1.65. The molecule has 1 amide bonds. The molecule has 0 aliphatic heterocycles. The van der Waals surface area contributed by atoms with Gasteiger partial charge in [-0.1, -0.05) is 17.7 Å². The molecule has 1 atom stereocenters. The van der Waals surface area contributed by atoms with Gasteiger partial charge in [0.1, 0.15) is 23.6 Å². The normalized spacial score (nSPS) is 12.1. The molecule has 8 heteroatoms. The van der Waals surface area contributed by atoms with E-state index in [-0.39, 0.29) is 22.7 Å². The summed E-state index contributed by atoms with van der Waals surface area (Å²) >= 11 is 0. The highest BCUT2D eigenvalue weighted by Gasteiger charge is 2.19. The predicted octanol–water partition coefficient (Wildman–Crippen LogP) is 3.23. The molecule has 1 N–H and O–H groups in total. The number of nitrogens with one attached hydrogen (secondary N) is 1. The molecule has 0 saturated carbocycles. The Morgan fingerprint density at radius 1 is 1.10 bits per heavy atom. The van der Waals surface area contributed by atoms with Gasteiger partial charge in [-0.05, 0) is 50.2 Å². The Hall–Kier alpha value is -3.81. The molecule has 2 aromatic heterocycles. The predicted molar refractivity (Wildman–Crippen MR) is 108 cm³/mol. The van der Waals surface area contributed by atoms with Crippen LogP contribution in [0.2, 0.25) is 0 Å². The molecule has 0 bridgehead atoms. The largest absolute Gasteiger partial charge is 0.324 e. The van der Waals surface area contributed by atoms with E-state index in [0.717, 1.165) is 5.56 Å². The quantitative estimate of drug-likeness (QED) is 0.579. The first-order valence-corrected chi connectivity index (χ1v) is 9.02. The Morgan fingerprint density at radius 3 is 2.48 bits per heavy atom. The lowest BCUT2D eigenvalue weighted by atomic mass is 10.2. The molecule has 2 heterocycles. The van der Waals surface area contributed by atoms with Gasteiger partial charge in [0.2, 0.25) is 5.91 Å². The molecule has 29 heavy (non-hydrogen) atoms. The highest BCUT2D eigenvalue weighted by molar-refractivity contribution is 5.93. The minimum absolute atomic E-state index is 0.270. The van der Waals surface area contributed by atoms with Crippen molar-refractivity contribution in [1.82, 2.24) is 19.3 Å². The van der Waals surface area contributed by atoms with Crippen LogP contribution in [0.1, 0.15) is 18.5 Å². The second-order valence-electron chi connectivity index (χ2n) is 6.76. The van der Waals surface area contributed by atoms with Crippen molar-refractivity contribution in [3.05, 3.63) is 82.8 Å². The Morgan fingerprint density at radius 2 is 1.79 bits per heavy atom. The molecule has 0 fully saturated rings. The zero-order valence-corrected chi connectivity index (χ0v) is 15.8. The summed E-state index contributed by atoms with van der Waals surface area (Å²) in [6, 6.07) is 12.3. The lowest BCUT2D eigenvalue weighted by Gasteiger charge is -2.15. The number of carbonyl (C=O) groups excluding carboxylic acids is 1. The van der Waals surface area contributed by atoms with Gasteiger partial charge in [-0.15, -0.1) is 0 Å². The first kappa shape index (κ1) is 18.5. The van der Waals surface area contributed by atoms with E-state index >= 15 is 0 Å². The molecule has 2 aromatic carbocycles. The van der Waals surface area contributed by atoms with E-state index in [2.05, 4.69) is 15.4 Å². The summed E-state index contributed by atoms with van der Waals surface area (Å²) in [5.74, 6) is -0.697. The van der Waals surface area contributed by atoms with Gasteiger partial charge in [-0.25, -0.2) is 14.1 Å². The molecular weight excluding hydrogens is 373 g/mol. The topological polar surface area (TPSA) is 81.8 Å². The minimum atomic E-state index is -0.769. The van der Waals surface area contributed by atoms with Crippen LogP contribution in [-0.2, 0) is 4.79 Å². The van der Waals surface area contributed by atoms with Crippen LogP contribution in [0.3, 0.4) is 0 Å². The number of hydrogen-bond acceptors (Lipinski definition) is 4. The third kappa shape index (κ3) is 3.52. The molecule has 1 unspecified atom stereocenters. The molecular formula is C21H18FN5O2. The highest BCUT2D eigenvalue weighted by atomic mass is 19.1. The van der Waals surface area contributed by atoms with E-state index < -0.39 is 6.04 Å². The van der Waals surface area contributed by atoms with Crippen molar-refractivity contribution in [3.8, 4) is 5.69 Å². The third-order valence-corrected chi connectivity index (χ3v) is 4.70. The van der Waals surface area contributed by atoms with E-state index in [1.807, 2.05) is 19.1 Å². The Kier molecular flexibility index (Phi) is 4.67. The van der Waals surface area contributed by atoms with E-state index in [4.69, 9.17) is 0 Å². The summed E-state index contributed by atoms with van der Waals surface area (Å²) in [7, 11) is 0. The van der Waals surface area contributed by atoms with Crippen LogP contribution >= 0.6 is 0 Å². The zero-order valence-electron chi connectivity index (χ0n) is 15.8. The molecule has 0 radical (unpaired) electrons. The summed E-state index contributed by atoms with van der Waals surface area (Å²) in [5.41, 5.74) is 2.27. The van der Waals surface area contributed by atoms with Crippen molar-refractivity contribution in [2.24, 2.45) is 0 Å². The smallest absolute Gasteiger partial charge is 0.265 e. The van der Waals surface area contributed by atoms with E-state index in [1.165, 1.54) is 33.9 Å². The monoisotopic (exact) mass is 391 g/mol. The fourth-order valence-electron chi connectivity index (χ4n) is 2.98. The second-order valence-corrected chi connectivity index (χ2v) is 6.76. The number of nitrogens with zero attached hydrogens (tertiary/aromatic N) is 4.